The molecule has 0 aliphatic carbocycles. The van der Waals surface area contributed by atoms with Gasteiger partial charge < -0.3 is 4.57 Å². The monoisotopic (exact) mass is 365 g/mol. The van der Waals surface area contributed by atoms with E-state index in [4.69, 9.17) is 23.2 Å². The topological polar surface area (TPSA) is 39.1 Å². The van der Waals surface area contributed by atoms with E-state index in [2.05, 4.69) is 15.9 Å². The van der Waals surface area contributed by atoms with E-state index in [1.54, 1.807) is 18.3 Å². The maximum atomic E-state index is 12.0. The molecule has 0 atom stereocenters. The van der Waals surface area contributed by atoms with Crippen LogP contribution in [0.4, 0.5) is 0 Å². The second-order valence-corrected chi connectivity index (χ2v) is 6.59. The lowest BCUT2D eigenvalue weighted by molar-refractivity contribution is 0.0971. The fourth-order valence-corrected chi connectivity index (χ4v) is 3.28. The minimum absolute atomic E-state index is 0.0644. The highest BCUT2D eigenvalue weighted by molar-refractivity contribution is 9.10. The number of hydrogen-bond donors (Lipinski definition) is 0. The molecule has 0 spiro atoms. The molecule has 0 radical (unpaired) electrons. The molecule has 0 aliphatic heterocycles. The molecule has 0 N–H and O–H groups in total. The Balaban J connectivity index is 2.30. The van der Waals surface area contributed by atoms with Crippen LogP contribution >= 0.6 is 50.5 Å². The van der Waals surface area contributed by atoms with Gasteiger partial charge in [0, 0.05) is 6.20 Å². The molecule has 0 amide bonds. The summed E-state index contributed by atoms with van der Waals surface area (Å²) in [6.45, 7) is -0.0644. The minimum atomic E-state index is -0.261. The van der Waals surface area contributed by atoms with Crippen LogP contribution < -0.4 is 5.56 Å². The van der Waals surface area contributed by atoms with Crippen molar-refractivity contribution in [1.82, 2.24) is 4.57 Å². The summed E-state index contributed by atoms with van der Waals surface area (Å²) in [5.41, 5.74) is 0.0850. The van der Waals surface area contributed by atoms with Crippen molar-refractivity contribution in [2.24, 2.45) is 0 Å². The Morgan fingerprint density at radius 3 is 2.78 bits per heavy atom. The van der Waals surface area contributed by atoms with Gasteiger partial charge >= 0.3 is 0 Å². The molecule has 2 heterocycles. The number of pyridine rings is 1. The summed E-state index contributed by atoms with van der Waals surface area (Å²) in [4.78, 5) is 23.7. The van der Waals surface area contributed by atoms with Crippen molar-refractivity contribution in [3.05, 3.63) is 53.5 Å². The van der Waals surface area contributed by atoms with E-state index in [0.29, 0.717) is 18.7 Å². The summed E-state index contributed by atoms with van der Waals surface area (Å²) in [7, 11) is 0. The Bertz CT molecular complexity index is 665. The van der Waals surface area contributed by atoms with Gasteiger partial charge in [-0.2, -0.15) is 0 Å². The van der Waals surface area contributed by atoms with Gasteiger partial charge in [-0.1, -0.05) is 23.2 Å². The molecule has 2 aromatic heterocycles. The van der Waals surface area contributed by atoms with E-state index in [1.165, 1.54) is 10.6 Å². The zero-order valence-electron chi connectivity index (χ0n) is 8.82. The molecule has 0 saturated carbocycles. The molecule has 7 heteroatoms. The lowest BCUT2D eigenvalue weighted by atomic mass is 10.2. The molecule has 2 rings (SSSR count). The third-order valence-electron chi connectivity index (χ3n) is 2.24. The van der Waals surface area contributed by atoms with Gasteiger partial charge in [0.25, 0.3) is 5.56 Å². The number of thiophene rings is 1. The van der Waals surface area contributed by atoms with Crippen LogP contribution in [0.15, 0.2) is 33.7 Å². The molecule has 3 nitrogen and oxygen atoms in total. The predicted molar refractivity (Wildman–Crippen MR) is 77.1 cm³/mol. The lowest BCUT2D eigenvalue weighted by Gasteiger charge is -2.04. The number of ketones is 1. The zero-order valence-corrected chi connectivity index (χ0v) is 12.7. The van der Waals surface area contributed by atoms with E-state index in [0.717, 1.165) is 11.3 Å². The number of rotatable bonds is 3. The molecule has 0 unspecified atom stereocenters. The Labute approximate surface area is 125 Å². The van der Waals surface area contributed by atoms with E-state index in [1.807, 2.05) is 0 Å². The number of hydrogen-bond acceptors (Lipinski definition) is 3. The Morgan fingerprint density at radius 2 is 2.17 bits per heavy atom. The average Bonchev–Trinajstić information content (AvgIpc) is 2.64. The highest BCUT2D eigenvalue weighted by atomic mass is 79.9. The van der Waals surface area contributed by atoms with Crippen LogP contribution in [-0.4, -0.2) is 10.4 Å². The van der Waals surface area contributed by atoms with E-state index in [-0.39, 0.29) is 17.9 Å². The first kappa shape index (κ1) is 13.8. The Morgan fingerprint density at radius 1 is 1.44 bits per heavy atom. The van der Waals surface area contributed by atoms with E-state index >= 15 is 0 Å². The van der Waals surface area contributed by atoms with Crippen molar-refractivity contribution >= 4 is 56.3 Å². The normalized spacial score (nSPS) is 10.6. The van der Waals surface area contributed by atoms with Gasteiger partial charge in [-0.15, -0.1) is 11.3 Å². The maximum absolute atomic E-state index is 12.0. The fraction of sp³-hybridized carbons (Fsp3) is 0.0909. The number of aromatic nitrogens is 1. The van der Waals surface area contributed by atoms with Crippen LogP contribution in [0.1, 0.15) is 10.4 Å². The number of halogens is 3. The number of carbonyl (C=O) groups excluding carboxylic acids is 1. The van der Waals surface area contributed by atoms with Gasteiger partial charge in [0.15, 0.2) is 5.78 Å². The molecule has 0 fully saturated rings. The first-order valence-electron chi connectivity index (χ1n) is 4.82. The quantitative estimate of drug-likeness (QED) is 0.773. The highest BCUT2D eigenvalue weighted by Gasteiger charge is 2.15. The largest absolute Gasteiger partial charge is 0.307 e. The van der Waals surface area contributed by atoms with Gasteiger partial charge in [0.1, 0.15) is 4.34 Å². The SMILES string of the molecule is O=C(Cn1cccc(Br)c1=O)c1cc(Cl)sc1Cl. The molecule has 0 bridgehead atoms. The van der Waals surface area contributed by atoms with Crippen LogP contribution in [0.3, 0.4) is 0 Å². The summed E-state index contributed by atoms with van der Waals surface area (Å²) in [5.74, 6) is -0.247. The van der Waals surface area contributed by atoms with Crippen LogP contribution in [0.5, 0.6) is 0 Å². The summed E-state index contributed by atoms with van der Waals surface area (Å²) in [6, 6.07) is 4.82. The highest BCUT2D eigenvalue weighted by Crippen LogP contribution is 2.31. The van der Waals surface area contributed by atoms with Gasteiger partial charge in [-0.25, -0.2) is 0 Å². The average molecular weight is 367 g/mol. The Kier molecular flexibility index (Phi) is 4.27. The molecule has 94 valence electrons. The van der Waals surface area contributed by atoms with Crippen LogP contribution in [0, 0.1) is 0 Å². The third kappa shape index (κ3) is 2.85. The molecule has 0 aromatic carbocycles. The lowest BCUT2D eigenvalue weighted by Crippen LogP contribution is -2.23. The first-order valence-corrected chi connectivity index (χ1v) is 7.18. The fourth-order valence-electron chi connectivity index (χ4n) is 1.40. The minimum Gasteiger partial charge on any atom is -0.307 e. The maximum Gasteiger partial charge on any atom is 0.265 e. The molecular weight excluding hydrogens is 361 g/mol. The van der Waals surface area contributed by atoms with E-state index < -0.39 is 0 Å². The molecule has 0 aliphatic rings. The smallest absolute Gasteiger partial charge is 0.265 e. The number of carbonyl (C=O) groups is 1. The molecule has 0 saturated heterocycles. The van der Waals surface area contributed by atoms with Gasteiger partial charge in [0.05, 0.1) is 20.9 Å². The standard InChI is InChI=1S/C11H6BrCl2NO2S/c12-7-2-1-3-15(11(7)17)5-8(16)6-4-9(13)18-10(6)14/h1-4H,5H2. The van der Waals surface area contributed by atoms with Gasteiger partial charge in [-0.05, 0) is 34.1 Å². The van der Waals surface area contributed by atoms with Gasteiger partial charge in [-0.3, -0.25) is 9.59 Å². The second-order valence-electron chi connectivity index (χ2n) is 3.45. The van der Waals surface area contributed by atoms with Crippen LogP contribution in [-0.2, 0) is 6.54 Å². The summed E-state index contributed by atoms with van der Waals surface area (Å²) < 4.78 is 2.51. The van der Waals surface area contributed by atoms with Crippen LogP contribution in [0.2, 0.25) is 8.67 Å². The van der Waals surface area contributed by atoms with E-state index in [9.17, 15) is 9.59 Å². The first-order chi connectivity index (χ1) is 8.49. The van der Waals surface area contributed by atoms with Crippen molar-refractivity contribution in [2.45, 2.75) is 6.54 Å². The van der Waals surface area contributed by atoms with Crippen molar-refractivity contribution < 1.29 is 4.79 Å². The number of nitrogens with zero attached hydrogens (tertiary/aromatic N) is 1. The zero-order chi connectivity index (χ0) is 13.3. The predicted octanol–water partition coefficient (Wildman–Crippen LogP) is 3.86. The van der Waals surface area contributed by atoms with Crippen molar-refractivity contribution in [3.63, 3.8) is 0 Å². The van der Waals surface area contributed by atoms with Crippen molar-refractivity contribution in [3.8, 4) is 0 Å². The third-order valence-corrected chi connectivity index (χ3v) is 4.34. The summed E-state index contributed by atoms with van der Waals surface area (Å²) in [6.07, 6.45) is 1.55. The summed E-state index contributed by atoms with van der Waals surface area (Å²) in [5, 5.41) is 0. The summed E-state index contributed by atoms with van der Waals surface area (Å²) >= 11 is 15.9. The van der Waals surface area contributed by atoms with Crippen LogP contribution in [0.25, 0.3) is 0 Å². The molecule has 18 heavy (non-hydrogen) atoms. The molecular formula is C11H6BrCl2NO2S. The number of Topliss-reactive ketones (excluding diaryl/α,β-unsaturated/α-hetero) is 1. The van der Waals surface area contributed by atoms with Crippen molar-refractivity contribution in [2.75, 3.05) is 0 Å². The second kappa shape index (κ2) is 5.57. The molecule has 2 aromatic rings. The van der Waals surface area contributed by atoms with Gasteiger partial charge in [0.2, 0.25) is 0 Å². The van der Waals surface area contributed by atoms with Crippen molar-refractivity contribution in [1.29, 1.82) is 0 Å². The Hall–Kier alpha value is -0.620.